The molecule has 1 fully saturated rings. The molecule has 0 aliphatic carbocycles. The number of para-hydroxylation sites is 1. The zero-order valence-corrected chi connectivity index (χ0v) is 14.8. The molecule has 2 heterocycles. The van der Waals surface area contributed by atoms with Crippen molar-refractivity contribution in [2.75, 3.05) is 18.4 Å². The lowest BCUT2D eigenvalue weighted by Gasteiger charge is -2.33. The molecule has 1 aliphatic heterocycles. The molecule has 0 atom stereocenters. The number of hydrogen-bond acceptors (Lipinski definition) is 3. The van der Waals surface area contributed by atoms with Gasteiger partial charge in [0.2, 0.25) is 0 Å². The zero-order valence-electron chi connectivity index (χ0n) is 14.8. The molecule has 0 bridgehead atoms. The number of hydrogen-bond donors (Lipinski definition) is 1. The zero-order chi connectivity index (χ0) is 17.1. The molecule has 0 spiro atoms. The van der Waals surface area contributed by atoms with Crippen LogP contribution in [0.5, 0.6) is 0 Å². The number of nitrogens with one attached hydrogen (secondary N) is 1. The molecule has 0 unspecified atom stereocenters. The second-order valence-electron chi connectivity index (χ2n) is 7.01. The minimum Gasteiger partial charge on any atom is -0.382 e. The van der Waals surface area contributed by atoms with Gasteiger partial charge in [0.25, 0.3) is 0 Å². The number of nitrogens with zero attached hydrogens (tertiary/aromatic N) is 2. The summed E-state index contributed by atoms with van der Waals surface area (Å²) in [6.45, 7) is 5.42. The Labute approximate surface area is 149 Å². The summed E-state index contributed by atoms with van der Waals surface area (Å²) in [5.74, 6) is 0. The van der Waals surface area contributed by atoms with Gasteiger partial charge in [0.1, 0.15) is 0 Å². The van der Waals surface area contributed by atoms with Gasteiger partial charge in [-0.1, -0.05) is 48.5 Å². The topological polar surface area (TPSA) is 28.2 Å². The van der Waals surface area contributed by atoms with Gasteiger partial charge in [-0.05, 0) is 37.5 Å². The molecular weight excluding hydrogens is 306 g/mol. The molecule has 3 heteroatoms. The van der Waals surface area contributed by atoms with Crippen LogP contribution in [-0.4, -0.2) is 29.0 Å². The van der Waals surface area contributed by atoms with Crippen molar-refractivity contribution < 1.29 is 0 Å². The predicted octanol–water partition coefficient (Wildman–Crippen LogP) is 4.62. The first kappa shape index (κ1) is 16.1. The van der Waals surface area contributed by atoms with E-state index in [0.29, 0.717) is 6.04 Å². The monoisotopic (exact) mass is 331 g/mol. The molecule has 1 N–H and O–H groups in total. The molecule has 0 radical (unpaired) electrons. The number of pyridine rings is 1. The van der Waals surface area contributed by atoms with Crippen LogP contribution in [0.15, 0.2) is 60.7 Å². The summed E-state index contributed by atoms with van der Waals surface area (Å²) >= 11 is 0. The van der Waals surface area contributed by atoms with Gasteiger partial charge in [0.15, 0.2) is 0 Å². The number of aromatic nitrogens is 1. The lowest BCUT2D eigenvalue weighted by Crippen LogP contribution is -2.38. The third kappa shape index (κ3) is 3.83. The molecule has 2 aromatic carbocycles. The van der Waals surface area contributed by atoms with Crippen LogP contribution in [0.3, 0.4) is 0 Å². The van der Waals surface area contributed by atoms with E-state index < -0.39 is 0 Å². The summed E-state index contributed by atoms with van der Waals surface area (Å²) < 4.78 is 0. The Morgan fingerprint density at radius 3 is 2.52 bits per heavy atom. The minimum atomic E-state index is 0.539. The largest absolute Gasteiger partial charge is 0.382 e. The molecule has 128 valence electrons. The average molecular weight is 331 g/mol. The van der Waals surface area contributed by atoms with Crippen molar-refractivity contribution in [1.82, 2.24) is 9.88 Å². The number of aryl methyl sites for hydroxylation is 1. The number of anilines is 1. The van der Waals surface area contributed by atoms with Gasteiger partial charge in [0, 0.05) is 42.4 Å². The van der Waals surface area contributed by atoms with Crippen molar-refractivity contribution in [3.8, 4) is 0 Å². The van der Waals surface area contributed by atoms with Crippen LogP contribution in [0.2, 0.25) is 0 Å². The second-order valence-corrected chi connectivity index (χ2v) is 7.01. The Hall–Kier alpha value is -2.39. The fourth-order valence-electron chi connectivity index (χ4n) is 3.72. The maximum atomic E-state index is 4.64. The molecule has 4 rings (SSSR count). The van der Waals surface area contributed by atoms with E-state index in [9.17, 15) is 0 Å². The van der Waals surface area contributed by atoms with Crippen LogP contribution in [0.25, 0.3) is 10.9 Å². The van der Waals surface area contributed by atoms with E-state index in [1.165, 1.54) is 29.5 Å². The number of likely N-dealkylation sites (tertiary alicyclic amines) is 1. The van der Waals surface area contributed by atoms with Crippen LogP contribution in [-0.2, 0) is 6.54 Å². The highest BCUT2D eigenvalue weighted by Crippen LogP contribution is 2.26. The van der Waals surface area contributed by atoms with E-state index in [-0.39, 0.29) is 0 Å². The molecule has 1 aliphatic rings. The van der Waals surface area contributed by atoms with E-state index in [1.807, 2.05) is 0 Å². The first-order chi connectivity index (χ1) is 12.3. The first-order valence-corrected chi connectivity index (χ1v) is 9.17. The first-order valence-electron chi connectivity index (χ1n) is 9.17. The fourth-order valence-corrected chi connectivity index (χ4v) is 3.72. The van der Waals surface area contributed by atoms with Gasteiger partial charge in [-0.25, -0.2) is 0 Å². The number of piperidine rings is 1. The summed E-state index contributed by atoms with van der Waals surface area (Å²) in [6, 6.07) is 21.9. The highest BCUT2D eigenvalue weighted by molar-refractivity contribution is 5.91. The molecule has 1 saturated heterocycles. The van der Waals surface area contributed by atoms with Crippen molar-refractivity contribution in [3.05, 3.63) is 71.9 Å². The van der Waals surface area contributed by atoms with Crippen LogP contribution < -0.4 is 5.32 Å². The molecule has 0 saturated carbocycles. The lowest BCUT2D eigenvalue weighted by molar-refractivity contribution is 0.211. The van der Waals surface area contributed by atoms with Crippen LogP contribution >= 0.6 is 0 Å². The van der Waals surface area contributed by atoms with Crippen LogP contribution in [0.1, 0.15) is 24.1 Å². The summed E-state index contributed by atoms with van der Waals surface area (Å²) in [5, 5.41) is 5.00. The maximum Gasteiger partial charge on any atom is 0.0725 e. The third-order valence-electron chi connectivity index (χ3n) is 5.04. The standard InChI is InChI=1S/C22H25N3/c1-17-15-22(20-9-5-6-10-21(20)23-17)24-19-11-13-25(14-12-19)16-18-7-3-2-4-8-18/h2-10,15,19H,11-14,16H2,1H3,(H,23,24). The second kappa shape index (κ2) is 7.24. The van der Waals surface area contributed by atoms with Crippen LogP contribution in [0, 0.1) is 6.92 Å². The highest BCUT2D eigenvalue weighted by atomic mass is 15.1. The molecular formula is C22H25N3. The maximum absolute atomic E-state index is 4.64. The normalized spacial score (nSPS) is 16.2. The van der Waals surface area contributed by atoms with E-state index in [1.54, 1.807) is 0 Å². The Morgan fingerprint density at radius 1 is 1.00 bits per heavy atom. The van der Waals surface area contributed by atoms with Gasteiger partial charge < -0.3 is 5.32 Å². The minimum absolute atomic E-state index is 0.539. The summed E-state index contributed by atoms with van der Waals surface area (Å²) in [4.78, 5) is 7.20. The number of benzene rings is 2. The smallest absolute Gasteiger partial charge is 0.0725 e. The van der Waals surface area contributed by atoms with Gasteiger partial charge in [0.05, 0.1) is 5.52 Å². The van der Waals surface area contributed by atoms with E-state index in [4.69, 9.17) is 0 Å². The van der Waals surface area contributed by atoms with Gasteiger partial charge >= 0.3 is 0 Å². The van der Waals surface area contributed by atoms with Crippen molar-refractivity contribution in [2.45, 2.75) is 32.4 Å². The Balaban J connectivity index is 1.41. The Bertz CT molecular complexity index is 836. The molecule has 1 aromatic heterocycles. The van der Waals surface area contributed by atoms with E-state index in [2.05, 4.69) is 82.8 Å². The molecule has 25 heavy (non-hydrogen) atoms. The molecule has 3 nitrogen and oxygen atoms in total. The van der Waals surface area contributed by atoms with Crippen molar-refractivity contribution >= 4 is 16.6 Å². The predicted molar refractivity (Wildman–Crippen MR) is 105 cm³/mol. The van der Waals surface area contributed by atoms with Gasteiger partial charge in [-0.3, -0.25) is 9.88 Å². The Morgan fingerprint density at radius 2 is 1.72 bits per heavy atom. The number of fused-ring (bicyclic) bond motifs is 1. The van der Waals surface area contributed by atoms with Crippen molar-refractivity contribution in [1.29, 1.82) is 0 Å². The summed E-state index contributed by atoms with van der Waals surface area (Å²) in [5.41, 5.74) is 4.78. The third-order valence-corrected chi connectivity index (χ3v) is 5.04. The SMILES string of the molecule is Cc1cc(NC2CCN(Cc3ccccc3)CC2)c2ccccc2n1. The van der Waals surface area contributed by atoms with Crippen molar-refractivity contribution in [2.24, 2.45) is 0 Å². The van der Waals surface area contributed by atoms with E-state index >= 15 is 0 Å². The number of rotatable bonds is 4. The van der Waals surface area contributed by atoms with Gasteiger partial charge in [-0.15, -0.1) is 0 Å². The average Bonchev–Trinajstić information content (AvgIpc) is 2.64. The summed E-state index contributed by atoms with van der Waals surface area (Å²) in [7, 11) is 0. The quantitative estimate of drug-likeness (QED) is 0.756. The highest BCUT2D eigenvalue weighted by Gasteiger charge is 2.19. The fraction of sp³-hybridized carbons (Fsp3) is 0.318. The summed E-state index contributed by atoms with van der Waals surface area (Å²) in [6.07, 6.45) is 2.37. The lowest BCUT2D eigenvalue weighted by atomic mass is 10.0. The Kier molecular flexibility index (Phi) is 4.66. The van der Waals surface area contributed by atoms with Crippen LogP contribution in [0.4, 0.5) is 5.69 Å². The molecule has 0 amide bonds. The van der Waals surface area contributed by atoms with Gasteiger partial charge in [-0.2, -0.15) is 0 Å². The molecule has 3 aromatic rings. The van der Waals surface area contributed by atoms with E-state index in [0.717, 1.165) is 30.8 Å². The van der Waals surface area contributed by atoms with Crippen molar-refractivity contribution in [3.63, 3.8) is 0 Å².